The Morgan fingerprint density at radius 2 is 2.15 bits per heavy atom. The number of nitrogens with one attached hydrogen (secondary N) is 4. The van der Waals surface area contributed by atoms with Crippen molar-refractivity contribution in [2.75, 3.05) is 37.4 Å². The maximum atomic E-state index is 15.0. The number of aromatic nitrogens is 5. The van der Waals surface area contributed by atoms with E-state index >= 15 is 4.39 Å². The number of carbonyl (C=O) groups excluding carboxylic acids is 1. The normalized spacial score (nSPS) is 21.2. The van der Waals surface area contributed by atoms with Crippen molar-refractivity contribution in [2.45, 2.75) is 38.3 Å². The lowest BCUT2D eigenvalue weighted by molar-refractivity contribution is -0.121. The SMILES string of the molecule is CCC1CNC[C@@H]1N1CCC[C@@H]1C(=O)Nc1cccc2c(-c3nc(Nc4cn(C)nc4OC)ncc3F)c[nH]c12. The van der Waals surface area contributed by atoms with E-state index in [4.69, 9.17) is 4.74 Å². The average Bonchev–Trinajstić information content (AvgIpc) is 3.75. The summed E-state index contributed by atoms with van der Waals surface area (Å²) in [5.74, 6) is 0.572. The molecule has 2 aliphatic heterocycles. The van der Waals surface area contributed by atoms with Crippen LogP contribution in [0.2, 0.25) is 0 Å². The summed E-state index contributed by atoms with van der Waals surface area (Å²) in [5.41, 5.74) is 2.64. The second kappa shape index (κ2) is 10.9. The molecule has 5 heterocycles. The molecule has 0 radical (unpaired) electrons. The van der Waals surface area contributed by atoms with E-state index in [9.17, 15) is 4.79 Å². The van der Waals surface area contributed by atoms with Gasteiger partial charge in [0.05, 0.1) is 36.7 Å². The molecule has 40 heavy (non-hydrogen) atoms. The van der Waals surface area contributed by atoms with Gasteiger partial charge < -0.3 is 25.7 Å². The first-order valence-corrected chi connectivity index (χ1v) is 13.7. The molecule has 4 N–H and O–H groups in total. The number of benzene rings is 1. The summed E-state index contributed by atoms with van der Waals surface area (Å²) >= 11 is 0. The Hall–Kier alpha value is -4.03. The van der Waals surface area contributed by atoms with Crippen molar-refractivity contribution < 1.29 is 13.9 Å². The summed E-state index contributed by atoms with van der Waals surface area (Å²) in [6.07, 6.45) is 7.51. The molecule has 3 aromatic heterocycles. The number of para-hydroxylation sites is 1. The number of fused-ring (bicyclic) bond motifs is 1. The number of aryl methyl sites for hydroxylation is 1. The maximum Gasteiger partial charge on any atom is 0.256 e. The molecule has 0 aliphatic carbocycles. The molecule has 3 atom stereocenters. The molecular formula is C28H34FN9O2. The van der Waals surface area contributed by atoms with Crippen molar-refractivity contribution in [2.24, 2.45) is 13.0 Å². The van der Waals surface area contributed by atoms with E-state index in [-0.39, 0.29) is 23.6 Å². The monoisotopic (exact) mass is 547 g/mol. The van der Waals surface area contributed by atoms with Gasteiger partial charge in [0, 0.05) is 36.8 Å². The van der Waals surface area contributed by atoms with Gasteiger partial charge in [0.2, 0.25) is 11.9 Å². The first-order valence-electron chi connectivity index (χ1n) is 13.7. The number of nitrogens with zero attached hydrogens (tertiary/aromatic N) is 5. The Morgan fingerprint density at radius 1 is 1.27 bits per heavy atom. The zero-order valence-electron chi connectivity index (χ0n) is 22.9. The molecule has 2 aliphatic rings. The molecule has 6 rings (SSSR count). The van der Waals surface area contributed by atoms with Crippen LogP contribution in [-0.4, -0.2) is 74.4 Å². The lowest BCUT2D eigenvalue weighted by Gasteiger charge is -2.32. The highest BCUT2D eigenvalue weighted by atomic mass is 19.1. The number of anilines is 3. The van der Waals surface area contributed by atoms with E-state index in [1.165, 1.54) is 7.11 Å². The van der Waals surface area contributed by atoms with Crippen LogP contribution in [0.3, 0.4) is 0 Å². The fraction of sp³-hybridized carbons (Fsp3) is 0.429. The Bertz CT molecular complexity index is 1530. The molecule has 0 saturated carbocycles. The molecule has 1 amide bonds. The molecule has 11 nitrogen and oxygen atoms in total. The minimum absolute atomic E-state index is 0.00646. The lowest BCUT2D eigenvalue weighted by Crippen LogP contribution is -2.48. The van der Waals surface area contributed by atoms with Gasteiger partial charge in [-0.25, -0.2) is 14.4 Å². The van der Waals surface area contributed by atoms with E-state index in [2.05, 4.69) is 47.8 Å². The standard InChI is InChI=1S/C28H34FN9O2/c1-4-16-11-30-14-23(16)38-10-6-9-22(38)26(39)33-20-8-5-7-17-18(12-31-25(17)20)24-19(29)13-32-28(35-24)34-21-15-37(2)36-27(21)40-3/h5,7-8,12-13,15-16,22-23,30-31H,4,6,9-11,14H2,1-3H3,(H,33,39)(H,32,34,35)/t16?,22-,23+/m1/s1. The van der Waals surface area contributed by atoms with Crippen molar-refractivity contribution in [3.05, 3.63) is 42.6 Å². The summed E-state index contributed by atoms with van der Waals surface area (Å²) < 4.78 is 21.9. The van der Waals surface area contributed by atoms with Gasteiger partial charge in [-0.3, -0.25) is 14.4 Å². The average molecular weight is 548 g/mol. The molecule has 2 fully saturated rings. The molecule has 0 spiro atoms. The quantitative estimate of drug-likeness (QED) is 0.264. The van der Waals surface area contributed by atoms with E-state index in [0.29, 0.717) is 40.3 Å². The van der Waals surface area contributed by atoms with Crippen LogP contribution in [0.1, 0.15) is 26.2 Å². The van der Waals surface area contributed by atoms with Crippen LogP contribution < -0.4 is 20.7 Å². The molecule has 210 valence electrons. The zero-order valence-corrected chi connectivity index (χ0v) is 22.9. The fourth-order valence-electron chi connectivity index (χ4n) is 6.10. The highest BCUT2D eigenvalue weighted by Crippen LogP contribution is 2.35. The number of aromatic amines is 1. The van der Waals surface area contributed by atoms with Gasteiger partial charge >= 0.3 is 0 Å². The molecule has 12 heteroatoms. The fourth-order valence-corrected chi connectivity index (χ4v) is 6.10. The van der Waals surface area contributed by atoms with Crippen LogP contribution >= 0.6 is 0 Å². The number of likely N-dealkylation sites (tertiary alicyclic amines) is 1. The van der Waals surface area contributed by atoms with Crippen LogP contribution in [-0.2, 0) is 11.8 Å². The topological polar surface area (TPSA) is 125 Å². The Morgan fingerprint density at radius 3 is 2.98 bits per heavy atom. The van der Waals surface area contributed by atoms with Crippen molar-refractivity contribution in [1.29, 1.82) is 0 Å². The van der Waals surface area contributed by atoms with Crippen molar-refractivity contribution in [3.63, 3.8) is 0 Å². The number of rotatable bonds is 8. The van der Waals surface area contributed by atoms with Gasteiger partial charge in [0.1, 0.15) is 11.4 Å². The van der Waals surface area contributed by atoms with Gasteiger partial charge in [-0.15, -0.1) is 5.10 Å². The third-order valence-corrected chi connectivity index (χ3v) is 8.06. The third-order valence-electron chi connectivity index (χ3n) is 8.06. The molecular weight excluding hydrogens is 513 g/mol. The number of amides is 1. The number of H-pyrrole nitrogens is 1. The van der Waals surface area contributed by atoms with Gasteiger partial charge in [0.15, 0.2) is 5.82 Å². The van der Waals surface area contributed by atoms with Gasteiger partial charge in [0.25, 0.3) is 5.88 Å². The number of hydrogen-bond acceptors (Lipinski definition) is 8. The highest BCUT2D eigenvalue weighted by molar-refractivity contribution is 6.06. The van der Waals surface area contributed by atoms with Gasteiger partial charge in [-0.2, -0.15) is 0 Å². The summed E-state index contributed by atoms with van der Waals surface area (Å²) in [4.78, 5) is 27.7. The predicted octanol–water partition coefficient (Wildman–Crippen LogP) is 3.65. The zero-order chi connectivity index (χ0) is 27.8. The van der Waals surface area contributed by atoms with Gasteiger partial charge in [-0.05, 0) is 37.9 Å². The molecule has 2 saturated heterocycles. The Labute approximate surface area is 231 Å². The first-order chi connectivity index (χ1) is 19.5. The predicted molar refractivity (Wildman–Crippen MR) is 151 cm³/mol. The number of methoxy groups -OCH3 is 1. The molecule has 1 unspecified atom stereocenters. The van der Waals surface area contributed by atoms with Crippen LogP contribution in [0.5, 0.6) is 5.88 Å². The maximum absolute atomic E-state index is 15.0. The van der Waals surface area contributed by atoms with Crippen molar-refractivity contribution in [3.8, 4) is 17.1 Å². The second-order valence-corrected chi connectivity index (χ2v) is 10.5. The Balaban J connectivity index is 1.26. The van der Waals surface area contributed by atoms with Crippen LogP contribution in [0.25, 0.3) is 22.2 Å². The number of hydrogen-bond donors (Lipinski definition) is 4. The smallest absolute Gasteiger partial charge is 0.256 e. The summed E-state index contributed by atoms with van der Waals surface area (Å²) in [6.45, 7) is 5.08. The molecule has 0 bridgehead atoms. The van der Waals surface area contributed by atoms with Gasteiger partial charge in [-0.1, -0.05) is 25.5 Å². The minimum Gasteiger partial charge on any atom is -0.478 e. The van der Waals surface area contributed by atoms with E-state index < -0.39 is 5.82 Å². The molecule has 1 aromatic carbocycles. The van der Waals surface area contributed by atoms with E-state index in [1.54, 1.807) is 24.1 Å². The Kier molecular flexibility index (Phi) is 7.11. The van der Waals surface area contributed by atoms with Crippen LogP contribution in [0.15, 0.2) is 36.8 Å². The third kappa shape index (κ3) is 4.77. The number of ether oxygens (including phenoxy) is 1. The number of carbonyl (C=O) groups is 1. The van der Waals surface area contributed by atoms with Crippen LogP contribution in [0, 0.1) is 11.7 Å². The lowest BCUT2D eigenvalue weighted by atomic mass is 9.98. The van der Waals surface area contributed by atoms with Crippen LogP contribution in [0.4, 0.5) is 21.7 Å². The van der Waals surface area contributed by atoms with E-state index in [0.717, 1.165) is 50.5 Å². The largest absolute Gasteiger partial charge is 0.478 e. The highest BCUT2D eigenvalue weighted by Gasteiger charge is 2.40. The van der Waals surface area contributed by atoms with Crippen molar-refractivity contribution in [1.82, 2.24) is 34.9 Å². The van der Waals surface area contributed by atoms with E-state index in [1.807, 2.05) is 18.2 Å². The summed E-state index contributed by atoms with van der Waals surface area (Å²) in [7, 11) is 3.29. The minimum atomic E-state index is -0.559. The second-order valence-electron chi connectivity index (χ2n) is 10.5. The summed E-state index contributed by atoms with van der Waals surface area (Å²) in [5, 5.41) is 14.7. The van der Waals surface area contributed by atoms with Crippen molar-refractivity contribution >= 4 is 34.1 Å². The molecule has 4 aromatic rings. The summed E-state index contributed by atoms with van der Waals surface area (Å²) in [6, 6.07) is 5.82. The first kappa shape index (κ1) is 26.2. The number of halogens is 1.